The van der Waals surface area contributed by atoms with Gasteiger partial charge in [-0.1, -0.05) is 25.1 Å². The summed E-state index contributed by atoms with van der Waals surface area (Å²) in [7, 11) is 2.13. The highest BCUT2D eigenvalue weighted by Crippen LogP contribution is 2.25. The summed E-state index contributed by atoms with van der Waals surface area (Å²) in [5, 5.41) is 4.65. The van der Waals surface area contributed by atoms with Gasteiger partial charge in [-0.3, -0.25) is 4.98 Å². The Balaban J connectivity index is 2.38. The molecule has 0 saturated heterocycles. The molecule has 0 aliphatic rings. The molecule has 3 heteroatoms. The molecule has 0 saturated carbocycles. The molecule has 3 nitrogen and oxygen atoms in total. The van der Waals surface area contributed by atoms with Gasteiger partial charge in [0.25, 0.3) is 0 Å². The predicted molar refractivity (Wildman–Crippen MR) is 82.7 cm³/mol. The normalized spacial score (nSPS) is 10.9. The summed E-state index contributed by atoms with van der Waals surface area (Å²) in [4.78, 5) is 7.01. The van der Waals surface area contributed by atoms with Gasteiger partial charge in [0.2, 0.25) is 0 Å². The van der Waals surface area contributed by atoms with Crippen molar-refractivity contribution in [3.8, 4) is 0 Å². The Labute approximate surface area is 115 Å². The predicted octanol–water partition coefficient (Wildman–Crippen LogP) is 3.19. The molecule has 102 valence electrons. The minimum Gasteiger partial charge on any atom is -0.374 e. The molecule has 19 heavy (non-hydrogen) atoms. The van der Waals surface area contributed by atoms with Crippen LogP contribution in [0.25, 0.3) is 10.9 Å². The smallest absolute Gasteiger partial charge is 0.0726 e. The largest absolute Gasteiger partial charge is 0.374 e. The van der Waals surface area contributed by atoms with Gasteiger partial charge >= 0.3 is 0 Å². The van der Waals surface area contributed by atoms with E-state index in [1.807, 2.05) is 6.07 Å². The second kappa shape index (κ2) is 6.53. The molecule has 0 unspecified atom stereocenters. The highest BCUT2D eigenvalue weighted by atomic mass is 15.1. The fourth-order valence-corrected chi connectivity index (χ4v) is 2.18. The Hall–Kier alpha value is -1.61. The highest BCUT2D eigenvalue weighted by Gasteiger charge is 2.08. The molecular formula is C16H23N3. The summed E-state index contributed by atoms with van der Waals surface area (Å²) in [5.74, 6) is 0. The van der Waals surface area contributed by atoms with E-state index in [2.05, 4.69) is 55.4 Å². The maximum Gasteiger partial charge on any atom is 0.0726 e. The Morgan fingerprint density at radius 3 is 2.74 bits per heavy atom. The van der Waals surface area contributed by atoms with Crippen LogP contribution in [0.2, 0.25) is 0 Å². The van der Waals surface area contributed by atoms with Crippen LogP contribution >= 0.6 is 0 Å². The number of para-hydroxylation sites is 1. The molecule has 0 aliphatic carbocycles. The van der Waals surface area contributed by atoms with Gasteiger partial charge in [0.15, 0.2) is 0 Å². The van der Waals surface area contributed by atoms with E-state index in [0.29, 0.717) is 0 Å². The number of hydrogen-bond donors (Lipinski definition) is 1. The van der Waals surface area contributed by atoms with E-state index in [-0.39, 0.29) is 0 Å². The third kappa shape index (κ3) is 3.24. The second-order valence-corrected chi connectivity index (χ2v) is 4.84. The van der Waals surface area contributed by atoms with E-state index < -0.39 is 0 Å². The number of pyridine rings is 1. The van der Waals surface area contributed by atoms with E-state index in [1.54, 1.807) is 0 Å². The van der Waals surface area contributed by atoms with Gasteiger partial charge in [0, 0.05) is 31.2 Å². The van der Waals surface area contributed by atoms with Crippen LogP contribution in [-0.4, -0.2) is 25.1 Å². The van der Waals surface area contributed by atoms with Gasteiger partial charge < -0.3 is 10.2 Å². The monoisotopic (exact) mass is 257 g/mol. The third-order valence-electron chi connectivity index (χ3n) is 3.37. The van der Waals surface area contributed by atoms with Gasteiger partial charge in [0.05, 0.1) is 11.2 Å². The van der Waals surface area contributed by atoms with E-state index in [9.17, 15) is 0 Å². The number of nitrogens with zero attached hydrogens (tertiary/aromatic N) is 2. The lowest BCUT2D eigenvalue weighted by Gasteiger charge is -2.20. The molecule has 0 fully saturated rings. The number of fused-ring (bicyclic) bond motifs is 1. The first-order valence-electron chi connectivity index (χ1n) is 7.06. The molecule has 1 heterocycles. The maximum atomic E-state index is 4.74. The highest BCUT2D eigenvalue weighted by molar-refractivity contribution is 5.91. The van der Waals surface area contributed by atoms with Crippen molar-refractivity contribution in [2.75, 3.05) is 25.0 Å². The molecule has 1 aromatic carbocycles. The summed E-state index contributed by atoms with van der Waals surface area (Å²) in [6, 6.07) is 10.6. The van der Waals surface area contributed by atoms with Crippen molar-refractivity contribution in [3.63, 3.8) is 0 Å². The van der Waals surface area contributed by atoms with Crippen LogP contribution < -0.4 is 10.2 Å². The van der Waals surface area contributed by atoms with E-state index in [1.165, 1.54) is 11.1 Å². The van der Waals surface area contributed by atoms with Crippen molar-refractivity contribution in [1.29, 1.82) is 0 Å². The number of hydrogen-bond acceptors (Lipinski definition) is 3. The topological polar surface area (TPSA) is 28.2 Å². The number of nitrogens with one attached hydrogen (secondary N) is 1. The first-order chi connectivity index (χ1) is 9.26. The minimum absolute atomic E-state index is 0.837. The molecule has 1 N–H and O–H groups in total. The van der Waals surface area contributed by atoms with Crippen molar-refractivity contribution in [2.45, 2.75) is 26.8 Å². The molecule has 0 aliphatic heterocycles. The average Bonchev–Trinajstić information content (AvgIpc) is 2.46. The molecule has 0 amide bonds. The van der Waals surface area contributed by atoms with Crippen molar-refractivity contribution < 1.29 is 0 Å². The zero-order chi connectivity index (χ0) is 13.7. The summed E-state index contributed by atoms with van der Waals surface area (Å²) >= 11 is 0. The van der Waals surface area contributed by atoms with Crippen LogP contribution in [0.1, 0.15) is 26.0 Å². The van der Waals surface area contributed by atoms with Gasteiger partial charge in [0.1, 0.15) is 0 Å². The van der Waals surface area contributed by atoms with Gasteiger partial charge in [-0.25, -0.2) is 0 Å². The van der Waals surface area contributed by atoms with Crippen molar-refractivity contribution in [2.24, 2.45) is 0 Å². The quantitative estimate of drug-likeness (QED) is 0.806. The van der Waals surface area contributed by atoms with Crippen LogP contribution in [0.4, 0.5) is 5.69 Å². The van der Waals surface area contributed by atoms with E-state index in [4.69, 9.17) is 4.98 Å². The van der Waals surface area contributed by atoms with Gasteiger partial charge in [-0.15, -0.1) is 0 Å². The van der Waals surface area contributed by atoms with Gasteiger partial charge in [-0.05, 0) is 32.0 Å². The van der Waals surface area contributed by atoms with Crippen LogP contribution in [0.15, 0.2) is 30.3 Å². The Kier molecular flexibility index (Phi) is 4.74. The van der Waals surface area contributed by atoms with Crippen LogP contribution in [0.5, 0.6) is 0 Å². The fraction of sp³-hybridized carbons (Fsp3) is 0.438. The van der Waals surface area contributed by atoms with Gasteiger partial charge in [-0.2, -0.15) is 0 Å². The molecule has 0 radical (unpaired) electrons. The number of anilines is 1. The third-order valence-corrected chi connectivity index (χ3v) is 3.37. The second-order valence-electron chi connectivity index (χ2n) is 4.84. The van der Waals surface area contributed by atoms with E-state index >= 15 is 0 Å². The lowest BCUT2D eigenvalue weighted by atomic mass is 10.1. The molecule has 2 rings (SSSR count). The maximum absolute atomic E-state index is 4.74. The standard InChI is InChI=1S/C16H23N3/c1-4-10-17-12-13-11-16(19(3)5-2)14-8-6-7-9-15(14)18-13/h6-9,11,17H,4-5,10,12H2,1-3H3. The zero-order valence-corrected chi connectivity index (χ0v) is 12.1. The molecule has 0 bridgehead atoms. The summed E-state index contributed by atoms with van der Waals surface area (Å²) in [6.07, 6.45) is 1.15. The van der Waals surface area contributed by atoms with Crippen molar-refractivity contribution in [3.05, 3.63) is 36.0 Å². The molecular weight excluding hydrogens is 234 g/mol. The average molecular weight is 257 g/mol. The van der Waals surface area contributed by atoms with Crippen LogP contribution in [-0.2, 0) is 6.54 Å². The number of aromatic nitrogens is 1. The number of benzene rings is 1. The summed E-state index contributed by atoms with van der Waals surface area (Å²) in [5.41, 5.74) is 3.46. The van der Waals surface area contributed by atoms with E-state index in [0.717, 1.165) is 37.3 Å². The SMILES string of the molecule is CCCNCc1cc(N(C)CC)c2ccccc2n1. The first kappa shape index (κ1) is 13.8. The lowest BCUT2D eigenvalue weighted by molar-refractivity contribution is 0.666. The van der Waals surface area contributed by atoms with Crippen LogP contribution in [0.3, 0.4) is 0 Å². The lowest BCUT2D eigenvalue weighted by Crippen LogP contribution is -2.19. The first-order valence-corrected chi connectivity index (χ1v) is 7.06. The van der Waals surface area contributed by atoms with Crippen molar-refractivity contribution in [1.82, 2.24) is 10.3 Å². The summed E-state index contributed by atoms with van der Waals surface area (Å²) in [6.45, 7) is 7.22. The molecule has 1 aromatic heterocycles. The van der Waals surface area contributed by atoms with Crippen LogP contribution in [0, 0.1) is 0 Å². The van der Waals surface area contributed by atoms with Crippen molar-refractivity contribution >= 4 is 16.6 Å². The Bertz CT molecular complexity index is 537. The molecule has 0 atom stereocenters. The molecule has 0 spiro atoms. The fourth-order valence-electron chi connectivity index (χ4n) is 2.18. The summed E-state index contributed by atoms with van der Waals surface area (Å²) < 4.78 is 0. The number of rotatable bonds is 6. The minimum atomic E-state index is 0.837. The Morgan fingerprint density at radius 2 is 2.00 bits per heavy atom. The molecule has 2 aromatic rings. The zero-order valence-electron chi connectivity index (χ0n) is 12.1. The Morgan fingerprint density at radius 1 is 1.21 bits per heavy atom.